The minimum absolute atomic E-state index is 0.131. The summed E-state index contributed by atoms with van der Waals surface area (Å²) in [5.41, 5.74) is 1.40. The highest BCUT2D eigenvalue weighted by molar-refractivity contribution is 5.85. The van der Waals surface area contributed by atoms with Gasteiger partial charge in [-0.1, -0.05) is 25.7 Å². The van der Waals surface area contributed by atoms with E-state index in [0.29, 0.717) is 36.4 Å². The van der Waals surface area contributed by atoms with Crippen molar-refractivity contribution in [3.8, 4) is 5.75 Å². The van der Waals surface area contributed by atoms with Crippen LogP contribution < -0.4 is 16.0 Å². The second kappa shape index (κ2) is 10.1. The van der Waals surface area contributed by atoms with Crippen molar-refractivity contribution in [3.63, 3.8) is 0 Å². The topological polar surface area (TPSA) is 127 Å². The van der Waals surface area contributed by atoms with Gasteiger partial charge < -0.3 is 9.84 Å². The molecule has 1 aromatic carbocycles. The van der Waals surface area contributed by atoms with E-state index >= 15 is 0 Å². The van der Waals surface area contributed by atoms with Crippen molar-refractivity contribution in [2.24, 2.45) is 5.92 Å². The molecule has 2 N–H and O–H groups in total. The van der Waals surface area contributed by atoms with Gasteiger partial charge in [-0.3, -0.25) is 19.1 Å². The minimum atomic E-state index is -0.814. The molecule has 9 heteroatoms. The van der Waals surface area contributed by atoms with Crippen LogP contribution in [0.25, 0.3) is 22.2 Å². The fourth-order valence-electron chi connectivity index (χ4n) is 4.46. The first-order valence-electron chi connectivity index (χ1n) is 11.7. The second-order valence-electron chi connectivity index (χ2n) is 8.93. The number of nitrogens with zero attached hydrogens (tertiary/aromatic N) is 3. The Morgan fingerprint density at radius 3 is 2.61 bits per heavy atom. The van der Waals surface area contributed by atoms with Gasteiger partial charge in [-0.2, -0.15) is 0 Å². The predicted octanol–water partition coefficient (Wildman–Crippen LogP) is 3.55. The van der Waals surface area contributed by atoms with Crippen molar-refractivity contribution in [2.45, 2.75) is 71.3 Å². The predicted molar refractivity (Wildman–Crippen MR) is 125 cm³/mol. The molecule has 0 saturated heterocycles. The van der Waals surface area contributed by atoms with Crippen LogP contribution >= 0.6 is 0 Å². The number of carboxylic acids is 1. The zero-order valence-corrected chi connectivity index (χ0v) is 18.9. The van der Waals surface area contributed by atoms with Gasteiger partial charge in [-0.25, -0.2) is 14.8 Å². The Bertz CT molecular complexity index is 1270. The Kier molecular flexibility index (Phi) is 7.05. The highest BCUT2D eigenvalue weighted by Crippen LogP contribution is 2.28. The molecule has 1 aliphatic rings. The molecule has 1 saturated carbocycles. The first kappa shape index (κ1) is 22.9. The number of hydrogen-bond donors (Lipinski definition) is 2. The largest absolute Gasteiger partial charge is 0.493 e. The van der Waals surface area contributed by atoms with Gasteiger partial charge in [-0.05, 0) is 50.2 Å². The highest BCUT2D eigenvalue weighted by Gasteiger charge is 2.17. The molecule has 0 spiro atoms. The van der Waals surface area contributed by atoms with Crippen molar-refractivity contribution >= 4 is 28.2 Å². The molecule has 0 radical (unpaired) electrons. The van der Waals surface area contributed by atoms with Crippen LogP contribution in [0.5, 0.6) is 5.75 Å². The number of H-pyrrole nitrogens is 1. The van der Waals surface area contributed by atoms with Gasteiger partial charge in [-0.15, -0.1) is 0 Å². The molecular weight excluding hydrogens is 424 g/mol. The maximum Gasteiger partial charge on any atom is 0.330 e. The Labute approximate surface area is 190 Å². The first-order valence-corrected chi connectivity index (χ1v) is 11.7. The number of carbonyl (C=O) groups is 1. The lowest BCUT2D eigenvalue weighted by Gasteiger charge is -2.14. The van der Waals surface area contributed by atoms with Crippen LogP contribution in [0.2, 0.25) is 0 Å². The summed E-state index contributed by atoms with van der Waals surface area (Å²) >= 11 is 0. The monoisotopic (exact) mass is 454 g/mol. The fraction of sp³-hybridized carbons (Fsp3) is 0.542. The summed E-state index contributed by atoms with van der Waals surface area (Å²) in [5, 5.41) is 8.69. The van der Waals surface area contributed by atoms with E-state index in [4.69, 9.17) is 9.84 Å². The molecule has 1 aliphatic carbocycles. The maximum absolute atomic E-state index is 12.9. The van der Waals surface area contributed by atoms with E-state index in [1.54, 1.807) is 0 Å². The lowest BCUT2D eigenvalue weighted by atomic mass is 10.1. The van der Waals surface area contributed by atoms with Crippen molar-refractivity contribution in [1.29, 1.82) is 0 Å². The van der Waals surface area contributed by atoms with E-state index < -0.39 is 17.2 Å². The van der Waals surface area contributed by atoms with Crippen LogP contribution in [0, 0.1) is 12.8 Å². The average molecular weight is 455 g/mol. The number of aryl methyl sites for hydroxylation is 1. The molecule has 2 aromatic heterocycles. The van der Waals surface area contributed by atoms with Gasteiger partial charge in [0.25, 0.3) is 5.56 Å². The Hall–Kier alpha value is -3.23. The van der Waals surface area contributed by atoms with Gasteiger partial charge in [0.2, 0.25) is 0 Å². The van der Waals surface area contributed by atoms with E-state index in [1.807, 2.05) is 19.1 Å². The molecule has 0 amide bonds. The van der Waals surface area contributed by atoms with Crippen LogP contribution in [0.1, 0.15) is 63.4 Å². The van der Waals surface area contributed by atoms with Crippen molar-refractivity contribution < 1.29 is 14.6 Å². The number of ether oxygens (including phenoxy) is 1. The van der Waals surface area contributed by atoms with Crippen LogP contribution in [0.4, 0.5) is 0 Å². The molecule has 2 heterocycles. The number of fused-ring (bicyclic) bond motifs is 2. The molecule has 0 aliphatic heterocycles. The normalized spacial score (nSPS) is 14.3. The number of nitrogens with one attached hydrogen (secondary N) is 1. The summed E-state index contributed by atoms with van der Waals surface area (Å²) < 4.78 is 7.20. The Morgan fingerprint density at radius 1 is 1.12 bits per heavy atom. The molecule has 176 valence electrons. The Morgan fingerprint density at radius 2 is 1.85 bits per heavy atom. The number of aromatic amines is 1. The van der Waals surface area contributed by atoms with Gasteiger partial charge in [0.05, 0.1) is 17.6 Å². The molecule has 3 aromatic rings. The van der Waals surface area contributed by atoms with E-state index in [2.05, 4.69) is 15.0 Å². The summed E-state index contributed by atoms with van der Waals surface area (Å²) in [6, 6.07) is 3.69. The van der Waals surface area contributed by atoms with E-state index in [0.717, 1.165) is 28.7 Å². The maximum atomic E-state index is 12.9. The smallest absolute Gasteiger partial charge is 0.330 e. The third-order valence-corrected chi connectivity index (χ3v) is 6.35. The second-order valence-corrected chi connectivity index (χ2v) is 8.93. The van der Waals surface area contributed by atoms with Crippen LogP contribution in [0.3, 0.4) is 0 Å². The fourth-order valence-corrected chi connectivity index (χ4v) is 4.46. The van der Waals surface area contributed by atoms with Gasteiger partial charge >= 0.3 is 11.7 Å². The first-order chi connectivity index (χ1) is 15.9. The third kappa shape index (κ3) is 5.40. The molecular formula is C24H30N4O5. The summed E-state index contributed by atoms with van der Waals surface area (Å²) in [5.74, 6) is 0.530. The molecule has 9 nitrogen and oxygen atoms in total. The minimum Gasteiger partial charge on any atom is -0.493 e. The van der Waals surface area contributed by atoms with Gasteiger partial charge in [0.1, 0.15) is 5.75 Å². The van der Waals surface area contributed by atoms with Gasteiger partial charge in [0.15, 0.2) is 11.2 Å². The molecule has 0 bridgehead atoms. The Balaban J connectivity index is 1.54. The summed E-state index contributed by atoms with van der Waals surface area (Å²) in [7, 11) is 0. The molecule has 0 atom stereocenters. The highest BCUT2D eigenvalue weighted by atomic mass is 16.5. The van der Waals surface area contributed by atoms with Crippen molar-refractivity contribution in [2.75, 3.05) is 6.61 Å². The number of carboxylic acid groups (broad SMARTS) is 1. The molecule has 1 fully saturated rings. The van der Waals surface area contributed by atoms with E-state index in [-0.39, 0.29) is 24.1 Å². The molecule has 4 rings (SSSR count). The van der Waals surface area contributed by atoms with E-state index in [9.17, 15) is 14.4 Å². The number of rotatable bonds is 10. The SMILES string of the molecule is Cc1cc2nc3c(=O)n(CCCCCCC(=O)O)c(=O)[nH]c3nc2cc1OCC1CCCC1. The number of aliphatic carboxylic acids is 1. The number of aromatic nitrogens is 4. The van der Waals surface area contributed by atoms with Gasteiger partial charge in [0, 0.05) is 19.0 Å². The third-order valence-electron chi connectivity index (χ3n) is 6.35. The van der Waals surface area contributed by atoms with Crippen LogP contribution in [-0.4, -0.2) is 37.2 Å². The van der Waals surface area contributed by atoms with Crippen molar-refractivity contribution in [3.05, 3.63) is 38.5 Å². The summed E-state index contributed by atoms with van der Waals surface area (Å²) in [6.45, 7) is 2.89. The summed E-state index contributed by atoms with van der Waals surface area (Å²) in [6.07, 6.45) is 7.73. The van der Waals surface area contributed by atoms with E-state index in [1.165, 1.54) is 25.7 Å². The quantitative estimate of drug-likeness (QED) is 0.354. The number of hydrogen-bond acceptors (Lipinski definition) is 6. The number of benzene rings is 1. The van der Waals surface area contributed by atoms with Crippen molar-refractivity contribution in [1.82, 2.24) is 19.5 Å². The summed E-state index contributed by atoms with van der Waals surface area (Å²) in [4.78, 5) is 47.7. The standard InChI is InChI=1S/C24H30N4O5/c1-15-12-17-18(13-19(15)33-14-16-8-5-6-9-16)26-22-21(25-17)23(31)28(24(32)27-22)11-7-3-2-4-10-20(29)30/h12-13,16H,2-11,14H2,1H3,(H,29,30)(H,26,27,32). The average Bonchev–Trinajstić information content (AvgIpc) is 3.29. The zero-order valence-electron chi connectivity index (χ0n) is 18.9. The van der Waals surface area contributed by atoms with Crippen LogP contribution in [-0.2, 0) is 11.3 Å². The zero-order chi connectivity index (χ0) is 23.4. The number of unbranched alkanes of at least 4 members (excludes halogenated alkanes) is 3. The lowest BCUT2D eigenvalue weighted by Crippen LogP contribution is -2.35. The molecule has 0 unspecified atom stereocenters. The molecule has 33 heavy (non-hydrogen) atoms. The van der Waals surface area contributed by atoms with Crippen LogP contribution in [0.15, 0.2) is 21.7 Å². The lowest BCUT2D eigenvalue weighted by molar-refractivity contribution is -0.137.